The van der Waals surface area contributed by atoms with Crippen LogP contribution in [0.4, 0.5) is 0 Å². The van der Waals surface area contributed by atoms with Crippen molar-refractivity contribution in [1.29, 1.82) is 0 Å². The average Bonchev–Trinajstić information content (AvgIpc) is 3.11. The Kier molecular flexibility index (Phi) is 6.63. The Bertz CT molecular complexity index is 567. The Balaban J connectivity index is 0.00000208. The van der Waals surface area contributed by atoms with Crippen molar-refractivity contribution in [3.63, 3.8) is 0 Å². The fourth-order valence-corrected chi connectivity index (χ4v) is 3.82. The lowest BCUT2D eigenvalue weighted by molar-refractivity contribution is -0.130. The van der Waals surface area contributed by atoms with Crippen LogP contribution in [0.2, 0.25) is 0 Å². The maximum atomic E-state index is 12.3. The molecular formula is C18H26ClN3O2. The van der Waals surface area contributed by atoms with Crippen molar-refractivity contribution in [3.05, 3.63) is 35.9 Å². The first-order valence-electron chi connectivity index (χ1n) is 8.47. The Labute approximate surface area is 149 Å². The molecule has 5 nitrogen and oxygen atoms in total. The van der Waals surface area contributed by atoms with Gasteiger partial charge in [-0.25, -0.2) is 0 Å². The Hall–Kier alpha value is -1.59. The standard InChI is InChI=1S/C18H25N3O2.ClH/c19-16-7-6-14-11-21(12-15(14)16)18(23)8-9-20-17(22)10-13-4-2-1-3-5-13;/h1-5,14-16H,6-12,19H2,(H,20,22);1H. The number of hydrogen-bond acceptors (Lipinski definition) is 3. The van der Waals surface area contributed by atoms with E-state index >= 15 is 0 Å². The maximum Gasteiger partial charge on any atom is 0.224 e. The number of carbonyl (C=O) groups is 2. The Morgan fingerprint density at radius 3 is 2.62 bits per heavy atom. The molecule has 1 aromatic carbocycles. The highest BCUT2D eigenvalue weighted by Crippen LogP contribution is 2.37. The molecule has 3 unspecified atom stereocenters. The summed E-state index contributed by atoms with van der Waals surface area (Å²) in [5.74, 6) is 1.16. The van der Waals surface area contributed by atoms with Crippen molar-refractivity contribution < 1.29 is 9.59 Å². The molecule has 1 aliphatic carbocycles. The number of carbonyl (C=O) groups excluding carboxylic acids is 2. The van der Waals surface area contributed by atoms with Gasteiger partial charge in [0.1, 0.15) is 0 Å². The zero-order valence-electron chi connectivity index (χ0n) is 13.8. The van der Waals surface area contributed by atoms with Crippen LogP contribution in [0.5, 0.6) is 0 Å². The molecule has 3 N–H and O–H groups in total. The quantitative estimate of drug-likeness (QED) is 0.840. The minimum atomic E-state index is -0.0377. The van der Waals surface area contributed by atoms with Gasteiger partial charge < -0.3 is 16.0 Å². The van der Waals surface area contributed by atoms with Gasteiger partial charge in [0.15, 0.2) is 0 Å². The number of nitrogens with zero attached hydrogens (tertiary/aromatic N) is 1. The van der Waals surface area contributed by atoms with Crippen LogP contribution in [0, 0.1) is 11.8 Å². The van der Waals surface area contributed by atoms with Gasteiger partial charge in [-0.3, -0.25) is 9.59 Å². The van der Waals surface area contributed by atoms with E-state index in [1.54, 1.807) is 0 Å². The molecule has 24 heavy (non-hydrogen) atoms. The second kappa shape index (κ2) is 8.49. The molecule has 0 radical (unpaired) electrons. The van der Waals surface area contributed by atoms with E-state index in [1.165, 1.54) is 0 Å². The summed E-state index contributed by atoms with van der Waals surface area (Å²) in [5, 5.41) is 2.83. The number of benzene rings is 1. The lowest BCUT2D eigenvalue weighted by atomic mass is 9.98. The summed E-state index contributed by atoms with van der Waals surface area (Å²) in [4.78, 5) is 26.1. The topological polar surface area (TPSA) is 75.4 Å². The summed E-state index contributed by atoms with van der Waals surface area (Å²) in [6.07, 6.45) is 2.96. The minimum absolute atomic E-state index is 0. The molecule has 1 saturated heterocycles. The van der Waals surface area contributed by atoms with Crippen LogP contribution < -0.4 is 11.1 Å². The summed E-state index contributed by atoms with van der Waals surface area (Å²) < 4.78 is 0. The fraction of sp³-hybridized carbons (Fsp3) is 0.556. The van der Waals surface area contributed by atoms with E-state index in [1.807, 2.05) is 35.2 Å². The van der Waals surface area contributed by atoms with Crippen LogP contribution in [0.25, 0.3) is 0 Å². The lowest BCUT2D eigenvalue weighted by Crippen LogP contribution is -2.36. The summed E-state index contributed by atoms with van der Waals surface area (Å²) in [6, 6.07) is 9.87. The number of amides is 2. The van der Waals surface area contributed by atoms with Crippen LogP contribution in [0.15, 0.2) is 30.3 Å². The van der Waals surface area contributed by atoms with Crippen LogP contribution in [0.3, 0.4) is 0 Å². The Morgan fingerprint density at radius 2 is 1.92 bits per heavy atom. The summed E-state index contributed by atoms with van der Waals surface area (Å²) >= 11 is 0. The molecule has 1 aromatic rings. The van der Waals surface area contributed by atoms with Gasteiger partial charge in [-0.1, -0.05) is 30.3 Å². The maximum absolute atomic E-state index is 12.3. The summed E-state index contributed by atoms with van der Waals surface area (Å²) in [7, 11) is 0. The number of likely N-dealkylation sites (tertiary alicyclic amines) is 1. The molecule has 0 bridgehead atoms. The normalized spacial score (nSPS) is 25.0. The summed E-state index contributed by atoms with van der Waals surface area (Å²) in [6.45, 7) is 2.04. The SMILES string of the molecule is Cl.NC1CCC2CN(C(=O)CCNC(=O)Cc3ccccc3)CC12. The van der Waals surface area contributed by atoms with Gasteiger partial charge in [0.2, 0.25) is 11.8 Å². The third-order valence-corrected chi connectivity index (χ3v) is 5.13. The van der Waals surface area contributed by atoms with Gasteiger partial charge in [0, 0.05) is 32.1 Å². The molecule has 0 aromatic heterocycles. The fourth-order valence-electron chi connectivity index (χ4n) is 3.82. The molecular weight excluding hydrogens is 326 g/mol. The molecule has 1 aliphatic heterocycles. The molecule has 1 saturated carbocycles. The number of hydrogen-bond donors (Lipinski definition) is 2. The van der Waals surface area contributed by atoms with E-state index < -0.39 is 0 Å². The first-order chi connectivity index (χ1) is 11.1. The van der Waals surface area contributed by atoms with E-state index in [0.717, 1.165) is 31.5 Å². The van der Waals surface area contributed by atoms with Gasteiger partial charge in [0.05, 0.1) is 6.42 Å². The van der Waals surface area contributed by atoms with Crippen molar-refractivity contribution >= 4 is 24.2 Å². The smallest absolute Gasteiger partial charge is 0.224 e. The van der Waals surface area contributed by atoms with Gasteiger partial charge in [0.25, 0.3) is 0 Å². The van der Waals surface area contributed by atoms with E-state index in [9.17, 15) is 9.59 Å². The second-order valence-electron chi connectivity index (χ2n) is 6.73. The van der Waals surface area contributed by atoms with Crippen molar-refractivity contribution in [2.45, 2.75) is 31.7 Å². The zero-order chi connectivity index (χ0) is 16.2. The molecule has 6 heteroatoms. The highest BCUT2D eigenvalue weighted by molar-refractivity contribution is 5.85. The highest BCUT2D eigenvalue weighted by Gasteiger charge is 2.42. The van der Waals surface area contributed by atoms with E-state index in [0.29, 0.717) is 31.2 Å². The lowest BCUT2D eigenvalue weighted by Gasteiger charge is -2.18. The molecule has 0 spiro atoms. The zero-order valence-corrected chi connectivity index (χ0v) is 14.6. The molecule has 2 amide bonds. The monoisotopic (exact) mass is 351 g/mol. The second-order valence-corrected chi connectivity index (χ2v) is 6.73. The van der Waals surface area contributed by atoms with Crippen LogP contribution in [0.1, 0.15) is 24.8 Å². The van der Waals surface area contributed by atoms with Gasteiger partial charge in [-0.15, -0.1) is 12.4 Å². The molecule has 2 aliphatic rings. The van der Waals surface area contributed by atoms with Crippen LogP contribution >= 0.6 is 12.4 Å². The van der Waals surface area contributed by atoms with Gasteiger partial charge >= 0.3 is 0 Å². The molecule has 1 heterocycles. The molecule has 3 atom stereocenters. The number of rotatable bonds is 5. The van der Waals surface area contributed by atoms with Crippen molar-refractivity contribution in [2.75, 3.05) is 19.6 Å². The van der Waals surface area contributed by atoms with Crippen molar-refractivity contribution in [2.24, 2.45) is 17.6 Å². The Morgan fingerprint density at radius 1 is 1.17 bits per heavy atom. The third kappa shape index (κ3) is 4.48. The number of fused-ring (bicyclic) bond motifs is 1. The van der Waals surface area contributed by atoms with Crippen molar-refractivity contribution in [3.8, 4) is 0 Å². The summed E-state index contributed by atoms with van der Waals surface area (Å²) in [5.41, 5.74) is 7.08. The van der Waals surface area contributed by atoms with E-state index in [2.05, 4.69) is 5.32 Å². The number of nitrogens with one attached hydrogen (secondary N) is 1. The first-order valence-corrected chi connectivity index (χ1v) is 8.47. The van der Waals surface area contributed by atoms with Gasteiger partial charge in [-0.05, 0) is 30.2 Å². The molecule has 132 valence electrons. The van der Waals surface area contributed by atoms with Gasteiger partial charge in [-0.2, -0.15) is 0 Å². The average molecular weight is 352 g/mol. The molecule has 2 fully saturated rings. The van der Waals surface area contributed by atoms with E-state index in [-0.39, 0.29) is 30.3 Å². The number of nitrogens with two attached hydrogens (primary N) is 1. The molecule has 3 rings (SSSR count). The number of halogens is 1. The van der Waals surface area contributed by atoms with Crippen LogP contribution in [-0.4, -0.2) is 42.4 Å². The highest BCUT2D eigenvalue weighted by atomic mass is 35.5. The van der Waals surface area contributed by atoms with Crippen molar-refractivity contribution in [1.82, 2.24) is 10.2 Å². The predicted octanol–water partition coefficient (Wildman–Crippen LogP) is 1.35. The predicted molar refractivity (Wildman–Crippen MR) is 95.8 cm³/mol. The van der Waals surface area contributed by atoms with Crippen LogP contribution in [-0.2, 0) is 16.0 Å². The minimum Gasteiger partial charge on any atom is -0.355 e. The largest absolute Gasteiger partial charge is 0.355 e. The van der Waals surface area contributed by atoms with E-state index in [4.69, 9.17) is 5.73 Å². The first kappa shape index (κ1) is 18.7. The third-order valence-electron chi connectivity index (χ3n) is 5.13.